The SMILES string of the molecule is C[C@H](NC(c1ccc(F)cc1)C1CC1)c1ccccc1Cl. The Kier molecular flexibility index (Phi) is 4.27. The van der Waals surface area contributed by atoms with Gasteiger partial charge < -0.3 is 5.32 Å². The molecule has 1 nitrogen and oxygen atoms in total. The fourth-order valence-electron chi connectivity index (χ4n) is 2.79. The molecule has 3 rings (SSSR count). The molecule has 21 heavy (non-hydrogen) atoms. The van der Waals surface area contributed by atoms with E-state index in [-0.39, 0.29) is 17.9 Å². The van der Waals surface area contributed by atoms with Crippen LogP contribution in [0.2, 0.25) is 5.02 Å². The third-order valence-corrected chi connectivity index (χ3v) is 4.47. The van der Waals surface area contributed by atoms with Crippen molar-refractivity contribution < 1.29 is 4.39 Å². The summed E-state index contributed by atoms with van der Waals surface area (Å²) in [5.74, 6) is 0.452. The van der Waals surface area contributed by atoms with Gasteiger partial charge in [0.25, 0.3) is 0 Å². The van der Waals surface area contributed by atoms with Crippen molar-refractivity contribution in [1.82, 2.24) is 5.32 Å². The lowest BCUT2D eigenvalue weighted by Crippen LogP contribution is -2.26. The number of hydrogen-bond donors (Lipinski definition) is 1. The van der Waals surface area contributed by atoms with Crippen molar-refractivity contribution in [3.05, 3.63) is 70.5 Å². The smallest absolute Gasteiger partial charge is 0.123 e. The highest BCUT2D eigenvalue weighted by atomic mass is 35.5. The number of benzene rings is 2. The molecule has 110 valence electrons. The molecule has 0 amide bonds. The van der Waals surface area contributed by atoms with Gasteiger partial charge in [-0.15, -0.1) is 0 Å². The maximum Gasteiger partial charge on any atom is 0.123 e. The first kappa shape index (κ1) is 14.6. The van der Waals surface area contributed by atoms with Crippen molar-refractivity contribution in [2.24, 2.45) is 5.92 Å². The minimum atomic E-state index is -0.188. The van der Waals surface area contributed by atoms with Crippen LogP contribution in [-0.4, -0.2) is 0 Å². The quantitative estimate of drug-likeness (QED) is 0.792. The molecular weight excluding hydrogens is 285 g/mol. The average molecular weight is 304 g/mol. The Hall–Kier alpha value is -1.38. The molecule has 1 aliphatic carbocycles. The lowest BCUT2D eigenvalue weighted by atomic mass is 9.99. The van der Waals surface area contributed by atoms with Crippen LogP contribution in [0.3, 0.4) is 0 Å². The molecule has 1 saturated carbocycles. The summed E-state index contributed by atoms with van der Waals surface area (Å²) in [5.41, 5.74) is 2.25. The molecule has 0 aliphatic heterocycles. The number of rotatable bonds is 5. The Morgan fingerprint density at radius 3 is 2.38 bits per heavy atom. The molecule has 1 unspecified atom stereocenters. The molecule has 0 radical (unpaired) electrons. The van der Waals surface area contributed by atoms with E-state index < -0.39 is 0 Å². The second-order valence-corrected chi connectivity index (χ2v) is 6.18. The Morgan fingerprint density at radius 2 is 1.76 bits per heavy atom. The zero-order valence-electron chi connectivity index (χ0n) is 12.0. The normalized spacial score (nSPS) is 17.5. The van der Waals surface area contributed by atoms with Crippen molar-refractivity contribution in [2.75, 3.05) is 0 Å². The Bertz CT molecular complexity index is 607. The zero-order valence-corrected chi connectivity index (χ0v) is 12.8. The van der Waals surface area contributed by atoms with E-state index in [1.54, 1.807) is 0 Å². The number of hydrogen-bond acceptors (Lipinski definition) is 1. The van der Waals surface area contributed by atoms with E-state index in [4.69, 9.17) is 11.6 Å². The summed E-state index contributed by atoms with van der Waals surface area (Å²) < 4.78 is 13.1. The zero-order chi connectivity index (χ0) is 14.8. The predicted molar refractivity (Wildman–Crippen MR) is 84.9 cm³/mol. The molecule has 1 aliphatic rings. The minimum Gasteiger partial charge on any atom is -0.303 e. The first-order chi connectivity index (χ1) is 10.1. The molecule has 0 heterocycles. The summed E-state index contributed by atoms with van der Waals surface area (Å²) in [6.07, 6.45) is 2.45. The monoisotopic (exact) mass is 303 g/mol. The van der Waals surface area contributed by atoms with Crippen molar-refractivity contribution in [2.45, 2.75) is 31.8 Å². The second-order valence-electron chi connectivity index (χ2n) is 5.78. The van der Waals surface area contributed by atoms with E-state index in [1.165, 1.54) is 25.0 Å². The van der Waals surface area contributed by atoms with Gasteiger partial charge in [-0.3, -0.25) is 0 Å². The average Bonchev–Trinajstić information content (AvgIpc) is 3.31. The van der Waals surface area contributed by atoms with Gasteiger partial charge in [-0.25, -0.2) is 4.39 Å². The van der Waals surface area contributed by atoms with Gasteiger partial charge in [0.05, 0.1) is 0 Å². The van der Waals surface area contributed by atoms with Crippen LogP contribution >= 0.6 is 11.6 Å². The lowest BCUT2D eigenvalue weighted by Gasteiger charge is -2.24. The van der Waals surface area contributed by atoms with Crippen LogP contribution in [0.15, 0.2) is 48.5 Å². The van der Waals surface area contributed by atoms with Crippen LogP contribution < -0.4 is 5.32 Å². The largest absolute Gasteiger partial charge is 0.303 e. The molecule has 3 heteroatoms. The fraction of sp³-hybridized carbons (Fsp3) is 0.333. The summed E-state index contributed by atoms with van der Waals surface area (Å²) in [6, 6.07) is 15.2. The molecule has 0 spiro atoms. The van der Waals surface area contributed by atoms with Crippen molar-refractivity contribution >= 4 is 11.6 Å². The Labute approximate surface area is 130 Å². The standard InChI is InChI=1S/C18H19ClFN/c1-12(16-4-2-3-5-17(16)19)21-18(13-6-7-13)14-8-10-15(20)11-9-14/h2-5,8-13,18,21H,6-7H2,1H3/t12-,18?/m0/s1. The van der Waals surface area contributed by atoms with E-state index in [0.717, 1.165) is 16.1 Å². The van der Waals surface area contributed by atoms with E-state index in [2.05, 4.69) is 18.3 Å². The lowest BCUT2D eigenvalue weighted by molar-refractivity contribution is 0.427. The summed E-state index contributed by atoms with van der Waals surface area (Å²) >= 11 is 6.27. The molecule has 2 atom stereocenters. The van der Waals surface area contributed by atoms with Crippen LogP contribution in [0.1, 0.15) is 43.0 Å². The summed E-state index contributed by atoms with van der Waals surface area (Å²) in [7, 11) is 0. The van der Waals surface area contributed by atoms with Gasteiger partial charge >= 0.3 is 0 Å². The Morgan fingerprint density at radius 1 is 1.10 bits per heavy atom. The molecular formula is C18H19ClFN. The third-order valence-electron chi connectivity index (χ3n) is 4.12. The minimum absolute atomic E-state index is 0.161. The van der Waals surface area contributed by atoms with Gasteiger partial charge in [-0.2, -0.15) is 0 Å². The van der Waals surface area contributed by atoms with Crippen molar-refractivity contribution in [3.8, 4) is 0 Å². The molecule has 1 N–H and O–H groups in total. The Balaban J connectivity index is 1.79. The van der Waals surface area contributed by atoms with Gasteiger partial charge in [0.1, 0.15) is 5.82 Å². The van der Waals surface area contributed by atoms with E-state index >= 15 is 0 Å². The van der Waals surface area contributed by atoms with Gasteiger partial charge in [0.2, 0.25) is 0 Å². The topological polar surface area (TPSA) is 12.0 Å². The molecule has 2 aromatic carbocycles. The molecule has 0 saturated heterocycles. The fourth-order valence-corrected chi connectivity index (χ4v) is 3.09. The van der Waals surface area contributed by atoms with Crippen LogP contribution in [-0.2, 0) is 0 Å². The van der Waals surface area contributed by atoms with Crippen molar-refractivity contribution in [3.63, 3.8) is 0 Å². The maximum absolute atomic E-state index is 13.1. The van der Waals surface area contributed by atoms with Gasteiger partial charge in [-0.1, -0.05) is 41.9 Å². The van der Waals surface area contributed by atoms with Gasteiger partial charge in [0.15, 0.2) is 0 Å². The third kappa shape index (κ3) is 3.45. The van der Waals surface area contributed by atoms with E-state index in [9.17, 15) is 4.39 Å². The van der Waals surface area contributed by atoms with Crippen molar-refractivity contribution in [1.29, 1.82) is 0 Å². The summed E-state index contributed by atoms with van der Waals surface area (Å²) in [6.45, 7) is 2.13. The first-order valence-corrected chi connectivity index (χ1v) is 7.79. The van der Waals surface area contributed by atoms with E-state index in [0.29, 0.717) is 5.92 Å². The van der Waals surface area contributed by atoms with E-state index in [1.807, 2.05) is 30.3 Å². The summed E-state index contributed by atoms with van der Waals surface area (Å²) in [4.78, 5) is 0. The van der Waals surface area contributed by atoms with Crippen LogP contribution in [0, 0.1) is 11.7 Å². The van der Waals surface area contributed by atoms with Gasteiger partial charge in [0, 0.05) is 17.1 Å². The van der Waals surface area contributed by atoms with Crippen LogP contribution in [0.25, 0.3) is 0 Å². The van der Waals surface area contributed by atoms with Crippen LogP contribution in [0.4, 0.5) is 4.39 Å². The predicted octanol–water partition coefficient (Wildman–Crippen LogP) is 5.28. The first-order valence-electron chi connectivity index (χ1n) is 7.41. The van der Waals surface area contributed by atoms with Gasteiger partial charge in [-0.05, 0) is 55.0 Å². The maximum atomic E-state index is 13.1. The summed E-state index contributed by atoms with van der Waals surface area (Å²) in [5, 5.41) is 4.45. The molecule has 0 aromatic heterocycles. The molecule has 2 aromatic rings. The number of halogens is 2. The second kappa shape index (κ2) is 6.17. The molecule has 1 fully saturated rings. The molecule has 0 bridgehead atoms. The number of nitrogens with one attached hydrogen (secondary N) is 1. The highest BCUT2D eigenvalue weighted by Crippen LogP contribution is 2.42. The highest BCUT2D eigenvalue weighted by Gasteiger charge is 2.33. The van der Waals surface area contributed by atoms with Crippen LogP contribution in [0.5, 0.6) is 0 Å². The highest BCUT2D eigenvalue weighted by molar-refractivity contribution is 6.31.